The molecule has 2 heterocycles. The number of amides is 1. The lowest BCUT2D eigenvalue weighted by Crippen LogP contribution is -2.40. The first kappa shape index (κ1) is 18.5. The van der Waals surface area contributed by atoms with Crippen molar-refractivity contribution in [1.29, 1.82) is 0 Å². The second kappa shape index (κ2) is 8.86. The number of hydrogen-bond donors (Lipinski definition) is 2. The third-order valence-electron chi connectivity index (χ3n) is 3.81. The average molecular weight is 342 g/mol. The van der Waals surface area contributed by atoms with Crippen molar-refractivity contribution < 1.29 is 4.79 Å². The van der Waals surface area contributed by atoms with E-state index in [2.05, 4.69) is 31.2 Å². The van der Waals surface area contributed by atoms with E-state index in [0.29, 0.717) is 18.8 Å². The zero-order valence-corrected chi connectivity index (χ0v) is 15.3. The molecule has 25 heavy (non-hydrogen) atoms. The van der Waals surface area contributed by atoms with Crippen molar-refractivity contribution in [2.45, 2.75) is 19.9 Å². The Kier molecular flexibility index (Phi) is 6.56. The van der Waals surface area contributed by atoms with E-state index in [1.54, 1.807) is 13.1 Å². The summed E-state index contributed by atoms with van der Waals surface area (Å²) in [7, 11) is 5.72. The van der Waals surface area contributed by atoms with Crippen molar-refractivity contribution in [1.82, 2.24) is 19.8 Å². The van der Waals surface area contributed by atoms with E-state index >= 15 is 0 Å². The van der Waals surface area contributed by atoms with E-state index in [-0.39, 0.29) is 5.91 Å². The first-order valence-corrected chi connectivity index (χ1v) is 8.25. The molecule has 7 nitrogen and oxygen atoms in total. The fourth-order valence-corrected chi connectivity index (χ4v) is 2.47. The molecular weight excluding hydrogens is 316 g/mol. The minimum atomic E-state index is -0.0776. The van der Waals surface area contributed by atoms with Gasteiger partial charge in [0.15, 0.2) is 5.96 Å². The summed E-state index contributed by atoms with van der Waals surface area (Å²) in [6.45, 7) is 3.13. The lowest BCUT2D eigenvalue weighted by atomic mass is 10.3. The van der Waals surface area contributed by atoms with Gasteiger partial charge in [0.1, 0.15) is 5.82 Å². The van der Waals surface area contributed by atoms with Gasteiger partial charge >= 0.3 is 0 Å². The summed E-state index contributed by atoms with van der Waals surface area (Å²) in [4.78, 5) is 22.6. The Morgan fingerprint density at radius 3 is 2.76 bits per heavy atom. The molecule has 0 radical (unpaired) electrons. The molecule has 2 rings (SSSR count). The maximum Gasteiger partial charge on any atom is 0.227 e. The van der Waals surface area contributed by atoms with Crippen LogP contribution in [-0.2, 0) is 18.4 Å². The second-order valence-electron chi connectivity index (χ2n) is 5.90. The van der Waals surface area contributed by atoms with Crippen LogP contribution in [-0.4, -0.2) is 47.0 Å². The molecule has 0 saturated carbocycles. The number of aromatic nitrogens is 2. The van der Waals surface area contributed by atoms with Crippen molar-refractivity contribution >= 4 is 17.7 Å². The van der Waals surface area contributed by atoms with Gasteiger partial charge in [-0.25, -0.2) is 4.98 Å². The van der Waals surface area contributed by atoms with Crippen LogP contribution >= 0.6 is 0 Å². The number of nitrogens with zero attached hydrogens (tertiary/aromatic N) is 4. The molecule has 0 aliphatic heterocycles. The van der Waals surface area contributed by atoms with Gasteiger partial charge in [0.05, 0.1) is 6.54 Å². The zero-order chi connectivity index (χ0) is 18.2. The highest BCUT2D eigenvalue weighted by Crippen LogP contribution is 2.05. The van der Waals surface area contributed by atoms with Crippen LogP contribution < -0.4 is 10.6 Å². The molecule has 7 heteroatoms. The highest BCUT2D eigenvalue weighted by atomic mass is 16.1. The van der Waals surface area contributed by atoms with Crippen LogP contribution in [0.4, 0.5) is 5.82 Å². The highest BCUT2D eigenvalue weighted by Gasteiger charge is 2.09. The van der Waals surface area contributed by atoms with Crippen molar-refractivity contribution in [2.24, 2.45) is 12.0 Å². The van der Waals surface area contributed by atoms with Crippen LogP contribution in [0.3, 0.4) is 0 Å². The SMILES string of the molecule is CN=C(NCCC(=O)Nc1cccc(C)n1)N(C)Cc1cccn1C. The molecule has 2 N–H and O–H groups in total. The molecule has 0 saturated heterocycles. The molecule has 134 valence electrons. The first-order valence-electron chi connectivity index (χ1n) is 8.25. The molecule has 0 fully saturated rings. The number of guanidine groups is 1. The van der Waals surface area contributed by atoms with Crippen LogP contribution in [0.25, 0.3) is 0 Å². The summed E-state index contributed by atoms with van der Waals surface area (Å²) in [5.41, 5.74) is 2.06. The molecule has 0 unspecified atom stereocenters. The molecule has 0 aliphatic carbocycles. The number of nitrogens with one attached hydrogen (secondary N) is 2. The monoisotopic (exact) mass is 342 g/mol. The number of aryl methyl sites for hydroxylation is 2. The van der Waals surface area contributed by atoms with Gasteiger partial charge in [-0.05, 0) is 31.2 Å². The Labute approximate surface area is 148 Å². The predicted octanol–water partition coefficient (Wildman–Crippen LogP) is 1.76. The summed E-state index contributed by atoms with van der Waals surface area (Å²) in [6.07, 6.45) is 2.36. The normalized spacial score (nSPS) is 11.3. The Balaban J connectivity index is 1.78. The van der Waals surface area contributed by atoms with Gasteiger partial charge < -0.3 is 20.1 Å². The molecule has 2 aromatic rings. The van der Waals surface area contributed by atoms with E-state index in [9.17, 15) is 4.79 Å². The molecule has 0 bridgehead atoms. The number of carbonyl (C=O) groups excluding carboxylic acids is 1. The number of aliphatic imine (C=N–C) groups is 1. The summed E-state index contributed by atoms with van der Waals surface area (Å²) in [6, 6.07) is 9.64. The Bertz CT molecular complexity index is 737. The second-order valence-corrected chi connectivity index (χ2v) is 5.90. The lowest BCUT2D eigenvalue weighted by Gasteiger charge is -2.22. The molecule has 0 aromatic carbocycles. The van der Waals surface area contributed by atoms with Gasteiger partial charge in [0.2, 0.25) is 5.91 Å². The van der Waals surface area contributed by atoms with Gasteiger partial charge in [-0.2, -0.15) is 0 Å². The number of anilines is 1. The molecule has 0 aliphatic rings. The number of hydrogen-bond acceptors (Lipinski definition) is 3. The van der Waals surface area contributed by atoms with Crippen molar-refractivity contribution in [3.8, 4) is 0 Å². The number of rotatable bonds is 6. The lowest BCUT2D eigenvalue weighted by molar-refractivity contribution is -0.116. The van der Waals surface area contributed by atoms with E-state index in [1.807, 2.05) is 50.3 Å². The number of pyridine rings is 1. The van der Waals surface area contributed by atoms with Crippen molar-refractivity contribution in [3.05, 3.63) is 47.9 Å². The zero-order valence-electron chi connectivity index (χ0n) is 15.3. The largest absolute Gasteiger partial charge is 0.356 e. The molecule has 0 atom stereocenters. The fourth-order valence-electron chi connectivity index (χ4n) is 2.47. The van der Waals surface area contributed by atoms with E-state index in [1.165, 1.54) is 5.69 Å². The Hall–Kier alpha value is -2.83. The van der Waals surface area contributed by atoms with Crippen LogP contribution in [0.2, 0.25) is 0 Å². The minimum absolute atomic E-state index is 0.0776. The van der Waals surface area contributed by atoms with Gasteiger partial charge in [0, 0.05) is 51.7 Å². The minimum Gasteiger partial charge on any atom is -0.356 e. The first-order chi connectivity index (χ1) is 12.0. The maximum atomic E-state index is 12.0. The van der Waals surface area contributed by atoms with Crippen LogP contribution in [0.5, 0.6) is 0 Å². The van der Waals surface area contributed by atoms with E-state index < -0.39 is 0 Å². The molecule has 1 amide bonds. The van der Waals surface area contributed by atoms with Crippen LogP contribution in [0.15, 0.2) is 41.5 Å². The maximum absolute atomic E-state index is 12.0. The summed E-state index contributed by atoms with van der Waals surface area (Å²) >= 11 is 0. The average Bonchev–Trinajstić information content (AvgIpc) is 2.96. The Morgan fingerprint density at radius 1 is 1.32 bits per heavy atom. The molecule has 2 aromatic heterocycles. The van der Waals surface area contributed by atoms with Crippen molar-refractivity contribution in [2.75, 3.05) is 26.0 Å². The van der Waals surface area contributed by atoms with Crippen LogP contribution in [0, 0.1) is 6.92 Å². The molecule has 0 spiro atoms. The van der Waals surface area contributed by atoms with Gasteiger partial charge in [-0.15, -0.1) is 0 Å². The van der Waals surface area contributed by atoms with Crippen molar-refractivity contribution in [3.63, 3.8) is 0 Å². The Morgan fingerprint density at radius 2 is 2.12 bits per heavy atom. The summed E-state index contributed by atoms with van der Waals surface area (Å²) < 4.78 is 2.08. The fraction of sp³-hybridized carbons (Fsp3) is 0.389. The molecular formula is C18H26N6O. The van der Waals surface area contributed by atoms with Gasteiger partial charge in [0.25, 0.3) is 0 Å². The standard InChI is InChI=1S/C18H26N6O/c1-14-7-5-9-16(21-14)22-17(25)10-11-20-18(19-2)24(4)13-15-8-6-12-23(15)3/h5-9,12H,10-11,13H2,1-4H3,(H,19,20)(H,21,22,25). The highest BCUT2D eigenvalue weighted by molar-refractivity contribution is 5.90. The quantitative estimate of drug-likeness (QED) is 0.620. The topological polar surface area (TPSA) is 74.5 Å². The van der Waals surface area contributed by atoms with Gasteiger partial charge in [-0.1, -0.05) is 6.07 Å². The van der Waals surface area contributed by atoms with E-state index in [0.717, 1.165) is 18.2 Å². The van der Waals surface area contributed by atoms with E-state index in [4.69, 9.17) is 0 Å². The summed E-state index contributed by atoms with van der Waals surface area (Å²) in [5.74, 6) is 1.25. The third kappa shape index (κ3) is 5.63. The smallest absolute Gasteiger partial charge is 0.227 e. The van der Waals surface area contributed by atoms with Gasteiger partial charge in [-0.3, -0.25) is 9.79 Å². The third-order valence-corrected chi connectivity index (χ3v) is 3.81. The summed E-state index contributed by atoms with van der Waals surface area (Å²) in [5, 5.41) is 6.02. The number of carbonyl (C=O) groups is 1. The van der Waals surface area contributed by atoms with Crippen LogP contribution in [0.1, 0.15) is 17.8 Å². The predicted molar refractivity (Wildman–Crippen MR) is 100 cm³/mol.